The Hall–Kier alpha value is -0.870. The molecule has 4 heteroatoms. The highest BCUT2D eigenvalue weighted by atomic mass is 16.3. The van der Waals surface area contributed by atoms with Gasteiger partial charge in [-0.3, -0.25) is 5.10 Å². The Bertz CT molecular complexity index is 329. The summed E-state index contributed by atoms with van der Waals surface area (Å²) in [6.07, 6.45) is 4.21. The van der Waals surface area contributed by atoms with Crippen LogP contribution in [0.3, 0.4) is 0 Å². The van der Waals surface area contributed by atoms with E-state index < -0.39 is 0 Å². The number of H-pyrrole nitrogens is 1. The molecule has 0 radical (unpaired) electrons. The number of hydrogen-bond donors (Lipinski definition) is 3. The first-order chi connectivity index (χ1) is 7.68. The summed E-state index contributed by atoms with van der Waals surface area (Å²) in [7, 11) is 0. The van der Waals surface area contributed by atoms with Gasteiger partial charge < -0.3 is 10.4 Å². The molecule has 0 aromatic carbocycles. The van der Waals surface area contributed by atoms with E-state index in [1.165, 1.54) is 12.0 Å². The van der Waals surface area contributed by atoms with Crippen LogP contribution in [-0.4, -0.2) is 27.4 Å². The Balaban J connectivity index is 1.91. The van der Waals surface area contributed by atoms with E-state index in [9.17, 15) is 5.11 Å². The van der Waals surface area contributed by atoms with Crippen LogP contribution in [0.15, 0.2) is 0 Å². The third kappa shape index (κ3) is 2.44. The molecular weight excluding hydrogens is 202 g/mol. The molecule has 90 valence electrons. The summed E-state index contributed by atoms with van der Waals surface area (Å²) in [6.45, 7) is 4.85. The molecule has 0 bridgehead atoms. The van der Waals surface area contributed by atoms with E-state index in [4.69, 9.17) is 0 Å². The van der Waals surface area contributed by atoms with Crippen LogP contribution in [0.25, 0.3) is 0 Å². The SMILES string of the molecule is Cc1n[nH]c(C)c1CNC1CCCCC1O. The van der Waals surface area contributed by atoms with E-state index in [1.807, 2.05) is 13.8 Å². The van der Waals surface area contributed by atoms with Crippen LogP contribution in [0.5, 0.6) is 0 Å². The zero-order valence-electron chi connectivity index (χ0n) is 10.1. The molecule has 2 atom stereocenters. The van der Waals surface area contributed by atoms with Gasteiger partial charge in [0.2, 0.25) is 0 Å². The van der Waals surface area contributed by atoms with Crippen molar-refractivity contribution in [3.63, 3.8) is 0 Å². The fourth-order valence-corrected chi connectivity index (χ4v) is 2.42. The Labute approximate surface area is 96.5 Å². The largest absolute Gasteiger partial charge is 0.392 e. The van der Waals surface area contributed by atoms with Gasteiger partial charge in [0.1, 0.15) is 0 Å². The molecule has 1 fully saturated rings. The van der Waals surface area contributed by atoms with Crippen molar-refractivity contribution in [2.24, 2.45) is 0 Å². The van der Waals surface area contributed by atoms with Crippen molar-refractivity contribution >= 4 is 0 Å². The highest BCUT2D eigenvalue weighted by Gasteiger charge is 2.22. The predicted molar refractivity (Wildman–Crippen MR) is 63.2 cm³/mol. The first-order valence-corrected chi connectivity index (χ1v) is 6.10. The second-order valence-corrected chi connectivity index (χ2v) is 4.75. The molecule has 0 spiro atoms. The summed E-state index contributed by atoms with van der Waals surface area (Å²) in [5.41, 5.74) is 3.41. The Morgan fingerprint density at radius 1 is 1.38 bits per heavy atom. The topological polar surface area (TPSA) is 60.9 Å². The summed E-state index contributed by atoms with van der Waals surface area (Å²) < 4.78 is 0. The summed E-state index contributed by atoms with van der Waals surface area (Å²) in [5, 5.41) is 20.5. The molecule has 2 unspecified atom stereocenters. The molecule has 2 rings (SSSR count). The van der Waals surface area contributed by atoms with Crippen LogP contribution in [0.2, 0.25) is 0 Å². The minimum Gasteiger partial charge on any atom is -0.392 e. The maximum Gasteiger partial charge on any atom is 0.0693 e. The van der Waals surface area contributed by atoms with Gasteiger partial charge in [0.25, 0.3) is 0 Å². The number of aryl methyl sites for hydroxylation is 2. The zero-order chi connectivity index (χ0) is 11.5. The van der Waals surface area contributed by atoms with Crippen LogP contribution in [0, 0.1) is 13.8 Å². The average molecular weight is 223 g/mol. The number of nitrogens with zero attached hydrogens (tertiary/aromatic N) is 1. The molecular formula is C12H21N3O. The normalized spacial score (nSPS) is 25.9. The lowest BCUT2D eigenvalue weighted by Gasteiger charge is -2.28. The van der Waals surface area contributed by atoms with Crippen molar-refractivity contribution < 1.29 is 5.11 Å². The average Bonchev–Trinajstić information content (AvgIpc) is 2.58. The van der Waals surface area contributed by atoms with Crippen molar-refractivity contribution in [2.75, 3.05) is 0 Å². The highest BCUT2D eigenvalue weighted by molar-refractivity contribution is 5.22. The molecule has 1 saturated carbocycles. The molecule has 1 aliphatic carbocycles. The molecule has 1 aromatic rings. The summed E-state index contributed by atoms with van der Waals surface area (Å²) >= 11 is 0. The number of aromatic amines is 1. The van der Waals surface area contributed by atoms with Crippen molar-refractivity contribution in [3.8, 4) is 0 Å². The molecule has 1 aromatic heterocycles. The van der Waals surface area contributed by atoms with E-state index in [1.54, 1.807) is 0 Å². The van der Waals surface area contributed by atoms with Gasteiger partial charge in [-0.15, -0.1) is 0 Å². The van der Waals surface area contributed by atoms with Gasteiger partial charge >= 0.3 is 0 Å². The van der Waals surface area contributed by atoms with Crippen molar-refractivity contribution in [1.82, 2.24) is 15.5 Å². The van der Waals surface area contributed by atoms with E-state index in [-0.39, 0.29) is 12.1 Å². The number of aliphatic hydroxyl groups is 1. The Morgan fingerprint density at radius 2 is 2.12 bits per heavy atom. The van der Waals surface area contributed by atoms with Gasteiger partial charge in [-0.1, -0.05) is 12.8 Å². The maximum absolute atomic E-state index is 9.85. The van der Waals surface area contributed by atoms with Gasteiger partial charge in [0, 0.05) is 23.8 Å². The first kappa shape index (κ1) is 11.6. The quantitative estimate of drug-likeness (QED) is 0.726. The minimum atomic E-state index is -0.179. The molecule has 0 amide bonds. The van der Waals surface area contributed by atoms with Crippen LogP contribution < -0.4 is 5.32 Å². The van der Waals surface area contributed by atoms with Gasteiger partial charge in [-0.25, -0.2) is 0 Å². The van der Waals surface area contributed by atoms with Crippen LogP contribution in [-0.2, 0) is 6.54 Å². The van der Waals surface area contributed by atoms with Gasteiger partial charge in [0.15, 0.2) is 0 Å². The second-order valence-electron chi connectivity index (χ2n) is 4.75. The number of nitrogens with one attached hydrogen (secondary N) is 2. The molecule has 0 aliphatic heterocycles. The van der Waals surface area contributed by atoms with E-state index >= 15 is 0 Å². The number of aromatic nitrogens is 2. The second kappa shape index (κ2) is 4.97. The van der Waals surface area contributed by atoms with Crippen LogP contribution >= 0.6 is 0 Å². The number of hydrogen-bond acceptors (Lipinski definition) is 3. The lowest BCUT2D eigenvalue weighted by atomic mass is 9.92. The lowest BCUT2D eigenvalue weighted by Crippen LogP contribution is -2.41. The van der Waals surface area contributed by atoms with Gasteiger partial charge in [-0.05, 0) is 26.7 Å². The molecule has 16 heavy (non-hydrogen) atoms. The Kier molecular flexibility index (Phi) is 3.61. The minimum absolute atomic E-state index is 0.179. The third-order valence-electron chi connectivity index (χ3n) is 3.55. The highest BCUT2D eigenvalue weighted by Crippen LogP contribution is 2.19. The van der Waals surface area contributed by atoms with Crippen molar-refractivity contribution in [2.45, 2.75) is 58.2 Å². The van der Waals surface area contributed by atoms with Gasteiger partial charge in [-0.2, -0.15) is 5.10 Å². The van der Waals surface area contributed by atoms with Crippen LogP contribution in [0.1, 0.15) is 42.6 Å². The van der Waals surface area contributed by atoms with Gasteiger partial charge in [0.05, 0.1) is 11.8 Å². The fourth-order valence-electron chi connectivity index (χ4n) is 2.42. The Morgan fingerprint density at radius 3 is 2.75 bits per heavy atom. The lowest BCUT2D eigenvalue weighted by molar-refractivity contribution is 0.0902. The van der Waals surface area contributed by atoms with Crippen LogP contribution in [0.4, 0.5) is 0 Å². The maximum atomic E-state index is 9.85. The first-order valence-electron chi connectivity index (χ1n) is 6.10. The molecule has 0 saturated heterocycles. The summed E-state index contributed by atoms with van der Waals surface area (Å²) in [5.74, 6) is 0. The fraction of sp³-hybridized carbons (Fsp3) is 0.750. The smallest absolute Gasteiger partial charge is 0.0693 e. The third-order valence-corrected chi connectivity index (χ3v) is 3.55. The molecule has 3 N–H and O–H groups in total. The predicted octanol–water partition coefficient (Wildman–Crippen LogP) is 1.42. The standard InChI is InChI=1S/C12H21N3O/c1-8-10(9(2)15-14-8)7-13-11-5-3-4-6-12(11)16/h11-13,16H,3-7H2,1-2H3,(H,14,15). The monoisotopic (exact) mass is 223 g/mol. The van der Waals surface area contributed by atoms with E-state index in [2.05, 4.69) is 15.5 Å². The van der Waals surface area contributed by atoms with Crippen molar-refractivity contribution in [1.29, 1.82) is 0 Å². The van der Waals surface area contributed by atoms with E-state index in [0.29, 0.717) is 0 Å². The van der Waals surface area contributed by atoms with E-state index in [0.717, 1.165) is 37.2 Å². The number of rotatable bonds is 3. The molecule has 1 heterocycles. The molecule has 4 nitrogen and oxygen atoms in total. The zero-order valence-corrected chi connectivity index (χ0v) is 10.1. The summed E-state index contributed by atoms with van der Waals surface area (Å²) in [4.78, 5) is 0. The molecule has 1 aliphatic rings. The van der Waals surface area contributed by atoms with Crippen molar-refractivity contribution in [3.05, 3.63) is 17.0 Å². The number of aliphatic hydroxyl groups excluding tert-OH is 1. The summed E-state index contributed by atoms with van der Waals surface area (Å²) in [6, 6.07) is 0.252.